The lowest BCUT2D eigenvalue weighted by atomic mass is 10.0. The summed E-state index contributed by atoms with van der Waals surface area (Å²) in [5, 5.41) is 11.5. The molecule has 26 heavy (non-hydrogen) atoms. The van der Waals surface area contributed by atoms with E-state index in [0.29, 0.717) is 5.56 Å². The highest BCUT2D eigenvalue weighted by molar-refractivity contribution is 5.89. The van der Waals surface area contributed by atoms with Gasteiger partial charge in [0, 0.05) is 17.8 Å². The van der Waals surface area contributed by atoms with Crippen LogP contribution in [0.2, 0.25) is 0 Å². The quantitative estimate of drug-likeness (QED) is 0.520. The summed E-state index contributed by atoms with van der Waals surface area (Å²) in [5.41, 5.74) is 6.03. The van der Waals surface area contributed by atoms with E-state index in [-0.39, 0.29) is 0 Å². The van der Waals surface area contributed by atoms with Crippen molar-refractivity contribution < 1.29 is 9.90 Å². The molecule has 1 aromatic heterocycles. The predicted molar refractivity (Wildman–Crippen MR) is 105 cm³/mol. The van der Waals surface area contributed by atoms with Crippen LogP contribution in [0.25, 0.3) is 22.0 Å². The monoisotopic (exact) mass is 341 g/mol. The zero-order valence-electron chi connectivity index (χ0n) is 14.5. The second-order valence-corrected chi connectivity index (χ2v) is 6.59. The molecule has 0 radical (unpaired) electrons. The van der Waals surface area contributed by atoms with E-state index in [2.05, 4.69) is 60.4 Å². The van der Waals surface area contributed by atoms with Crippen LogP contribution in [0.1, 0.15) is 27.2 Å². The number of H-pyrrole nitrogens is 1. The normalized spacial score (nSPS) is 11.0. The van der Waals surface area contributed by atoms with Gasteiger partial charge in [-0.2, -0.15) is 0 Å². The minimum atomic E-state index is -0.898. The summed E-state index contributed by atoms with van der Waals surface area (Å²) in [6.07, 6.45) is 0.743. The largest absolute Gasteiger partial charge is 0.478 e. The molecule has 0 spiro atoms. The summed E-state index contributed by atoms with van der Waals surface area (Å²) in [6.45, 7) is 2.13. The van der Waals surface area contributed by atoms with Gasteiger partial charge in [0.05, 0.1) is 5.56 Å². The molecule has 0 amide bonds. The molecule has 128 valence electrons. The molecule has 0 aliphatic carbocycles. The van der Waals surface area contributed by atoms with Gasteiger partial charge in [-0.15, -0.1) is 0 Å². The van der Waals surface area contributed by atoms with Gasteiger partial charge >= 0.3 is 5.97 Å². The summed E-state index contributed by atoms with van der Waals surface area (Å²) in [7, 11) is 0. The van der Waals surface area contributed by atoms with Gasteiger partial charge in [0.2, 0.25) is 0 Å². The molecule has 3 nitrogen and oxygen atoms in total. The number of fused-ring (bicyclic) bond motifs is 1. The first-order chi connectivity index (χ1) is 12.6. The molecule has 1 heterocycles. The Morgan fingerprint density at radius 2 is 1.77 bits per heavy atom. The van der Waals surface area contributed by atoms with Gasteiger partial charge in [0.25, 0.3) is 0 Å². The van der Waals surface area contributed by atoms with Crippen LogP contribution in [-0.4, -0.2) is 16.1 Å². The van der Waals surface area contributed by atoms with E-state index in [4.69, 9.17) is 5.11 Å². The number of carboxylic acids is 1. The lowest BCUT2D eigenvalue weighted by Gasteiger charge is -2.05. The van der Waals surface area contributed by atoms with Crippen LogP contribution in [-0.2, 0) is 6.42 Å². The van der Waals surface area contributed by atoms with Crippen molar-refractivity contribution in [2.24, 2.45) is 0 Å². The lowest BCUT2D eigenvalue weighted by Crippen LogP contribution is -1.96. The van der Waals surface area contributed by atoms with Crippen LogP contribution in [0.15, 0.2) is 72.8 Å². The summed E-state index contributed by atoms with van der Waals surface area (Å²) >= 11 is 0. The van der Waals surface area contributed by atoms with E-state index in [1.165, 1.54) is 21.9 Å². The van der Waals surface area contributed by atoms with Crippen molar-refractivity contribution in [1.29, 1.82) is 0 Å². The van der Waals surface area contributed by atoms with Gasteiger partial charge in [-0.3, -0.25) is 0 Å². The zero-order chi connectivity index (χ0) is 18.1. The molecule has 2 N–H and O–H groups in total. The standard InChI is InChI=1S/C23H19NO2/c1-15-3-2-4-17-9-10-19(14-21(15)17)22-12-11-20(24-22)13-16-5-7-18(8-6-16)23(25)26/h2-12,14,24H,13H2,1H3,(H,25,26). The number of aromatic amines is 1. The Morgan fingerprint density at radius 1 is 0.962 bits per heavy atom. The van der Waals surface area contributed by atoms with Crippen LogP contribution in [0.4, 0.5) is 0 Å². The van der Waals surface area contributed by atoms with Gasteiger partial charge in [0.1, 0.15) is 0 Å². The number of hydrogen-bond acceptors (Lipinski definition) is 1. The number of hydrogen-bond donors (Lipinski definition) is 2. The van der Waals surface area contributed by atoms with Gasteiger partial charge in [-0.05, 0) is 64.7 Å². The first kappa shape index (κ1) is 16.2. The van der Waals surface area contributed by atoms with Crippen molar-refractivity contribution in [3.63, 3.8) is 0 Å². The van der Waals surface area contributed by atoms with Gasteiger partial charge in [0.15, 0.2) is 0 Å². The molecule has 4 rings (SSSR count). The molecule has 0 bridgehead atoms. The van der Waals surface area contributed by atoms with E-state index in [9.17, 15) is 4.79 Å². The highest BCUT2D eigenvalue weighted by Gasteiger charge is 2.06. The fourth-order valence-corrected chi connectivity index (χ4v) is 3.29. The van der Waals surface area contributed by atoms with Crippen LogP contribution < -0.4 is 0 Å². The molecule has 0 aliphatic rings. The third-order valence-electron chi connectivity index (χ3n) is 4.75. The van der Waals surface area contributed by atoms with Crippen molar-refractivity contribution in [3.8, 4) is 11.3 Å². The van der Waals surface area contributed by atoms with Crippen LogP contribution in [0, 0.1) is 6.92 Å². The van der Waals surface area contributed by atoms with Crippen molar-refractivity contribution in [2.75, 3.05) is 0 Å². The highest BCUT2D eigenvalue weighted by Crippen LogP contribution is 2.26. The molecule has 0 aliphatic heterocycles. The van der Waals surface area contributed by atoms with Gasteiger partial charge in [-0.25, -0.2) is 4.79 Å². The fraction of sp³-hybridized carbons (Fsp3) is 0.0870. The molecule has 3 heteroatoms. The SMILES string of the molecule is Cc1cccc2ccc(-c3ccc(Cc4ccc(C(=O)O)cc4)[nH]3)cc12. The maximum atomic E-state index is 10.9. The topological polar surface area (TPSA) is 53.1 Å². The van der Waals surface area contributed by atoms with Crippen molar-refractivity contribution in [3.05, 3.63) is 95.2 Å². The summed E-state index contributed by atoms with van der Waals surface area (Å²) in [6, 6.07) is 24.1. The second-order valence-electron chi connectivity index (χ2n) is 6.59. The Morgan fingerprint density at radius 3 is 2.54 bits per heavy atom. The third kappa shape index (κ3) is 3.11. The van der Waals surface area contributed by atoms with Gasteiger partial charge in [-0.1, -0.05) is 42.5 Å². The molecule has 0 atom stereocenters. The van der Waals surface area contributed by atoms with Crippen LogP contribution in [0.5, 0.6) is 0 Å². The van der Waals surface area contributed by atoms with Gasteiger partial charge < -0.3 is 10.1 Å². The van der Waals surface area contributed by atoms with E-state index >= 15 is 0 Å². The Balaban J connectivity index is 1.60. The molecule has 0 unspecified atom stereocenters. The molecule has 3 aromatic carbocycles. The molecule has 0 fully saturated rings. The number of aromatic nitrogens is 1. The Labute approximate surface area is 151 Å². The second kappa shape index (κ2) is 6.52. The molecule has 0 saturated heterocycles. The van der Waals surface area contributed by atoms with Crippen molar-refractivity contribution in [1.82, 2.24) is 4.98 Å². The minimum Gasteiger partial charge on any atom is -0.478 e. The maximum Gasteiger partial charge on any atom is 0.335 e. The maximum absolute atomic E-state index is 10.9. The Hall–Kier alpha value is -3.33. The summed E-state index contributed by atoms with van der Waals surface area (Å²) in [4.78, 5) is 14.4. The molecular weight excluding hydrogens is 322 g/mol. The van der Waals surface area contributed by atoms with Crippen LogP contribution >= 0.6 is 0 Å². The average Bonchev–Trinajstić information content (AvgIpc) is 3.11. The first-order valence-electron chi connectivity index (χ1n) is 8.60. The van der Waals surface area contributed by atoms with E-state index < -0.39 is 5.97 Å². The molecule has 4 aromatic rings. The Kier molecular flexibility index (Phi) is 4.05. The highest BCUT2D eigenvalue weighted by atomic mass is 16.4. The van der Waals surface area contributed by atoms with Crippen molar-refractivity contribution >= 4 is 16.7 Å². The lowest BCUT2D eigenvalue weighted by molar-refractivity contribution is 0.0697. The van der Waals surface area contributed by atoms with Crippen molar-refractivity contribution in [2.45, 2.75) is 13.3 Å². The van der Waals surface area contributed by atoms with Crippen LogP contribution in [0.3, 0.4) is 0 Å². The minimum absolute atomic E-state index is 0.312. The van der Waals surface area contributed by atoms with E-state index in [0.717, 1.165) is 23.4 Å². The Bertz CT molecular complexity index is 1090. The average molecular weight is 341 g/mol. The van der Waals surface area contributed by atoms with E-state index in [1.54, 1.807) is 12.1 Å². The summed E-state index contributed by atoms with van der Waals surface area (Å²) < 4.78 is 0. The number of aromatic carboxylic acids is 1. The predicted octanol–water partition coefficient (Wildman–Crippen LogP) is 5.43. The molecular formula is C23H19NO2. The number of carboxylic acid groups (broad SMARTS) is 1. The fourth-order valence-electron chi connectivity index (χ4n) is 3.29. The number of benzene rings is 3. The number of rotatable bonds is 4. The number of aryl methyl sites for hydroxylation is 1. The zero-order valence-corrected chi connectivity index (χ0v) is 14.5. The number of nitrogens with one attached hydrogen (secondary N) is 1. The first-order valence-corrected chi connectivity index (χ1v) is 8.60. The summed E-state index contributed by atoms with van der Waals surface area (Å²) in [5.74, 6) is -0.898. The van der Waals surface area contributed by atoms with E-state index in [1.807, 2.05) is 12.1 Å². The third-order valence-corrected chi connectivity index (χ3v) is 4.75. The molecule has 0 saturated carbocycles. The smallest absolute Gasteiger partial charge is 0.335 e. The number of carbonyl (C=O) groups is 1.